The highest BCUT2D eigenvalue weighted by Gasteiger charge is 2.26. The van der Waals surface area contributed by atoms with E-state index in [9.17, 15) is 8.42 Å². The van der Waals surface area contributed by atoms with Gasteiger partial charge in [-0.2, -0.15) is 0 Å². The van der Waals surface area contributed by atoms with Gasteiger partial charge in [0.05, 0.1) is 11.4 Å². The average Bonchev–Trinajstić information content (AvgIpc) is 3.29. The minimum atomic E-state index is -3.24. The van der Waals surface area contributed by atoms with Gasteiger partial charge in [-0.1, -0.05) is 0 Å². The van der Waals surface area contributed by atoms with Crippen LogP contribution in [0.3, 0.4) is 0 Å². The van der Waals surface area contributed by atoms with Crippen molar-refractivity contribution in [3.05, 3.63) is 11.1 Å². The van der Waals surface area contributed by atoms with Crippen LogP contribution in [-0.2, 0) is 10.0 Å². The van der Waals surface area contributed by atoms with Gasteiger partial charge < -0.3 is 5.32 Å². The second-order valence-corrected chi connectivity index (χ2v) is 8.41. The van der Waals surface area contributed by atoms with Crippen molar-refractivity contribution < 1.29 is 8.42 Å². The van der Waals surface area contributed by atoms with Crippen molar-refractivity contribution in [2.45, 2.75) is 50.5 Å². The molecule has 1 aromatic rings. The van der Waals surface area contributed by atoms with Crippen LogP contribution in [0.4, 0.5) is 5.13 Å². The van der Waals surface area contributed by atoms with Gasteiger partial charge in [0.1, 0.15) is 0 Å². The zero-order valence-electron chi connectivity index (χ0n) is 11.5. The number of unbranched alkanes of at least 4 members (excludes halogenated alkanes) is 1. The van der Waals surface area contributed by atoms with Crippen LogP contribution in [0.1, 0.15) is 50.1 Å². The standard InChI is InChI=1S/C13H21N3O2S2/c17-20(18,8-2-1-7-14-11-5-6-11)16-13-15-12(9-19-13)10-3-4-10/h9-11,14H,1-8H2,(H,15,16). The second-order valence-electron chi connectivity index (χ2n) is 5.71. The first-order chi connectivity index (χ1) is 9.62. The van der Waals surface area contributed by atoms with E-state index < -0.39 is 10.0 Å². The topological polar surface area (TPSA) is 71.1 Å². The summed E-state index contributed by atoms with van der Waals surface area (Å²) in [6, 6.07) is 0.695. The van der Waals surface area contributed by atoms with Gasteiger partial charge in [-0.15, -0.1) is 11.3 Å². The van der Waals surface area contributed by atoms with Crippen LogP contribution in [-0.4, -0.2) is 31.7 Å². The lowest BCUT2D eigenvalue weighted by Gasteiger charge is -2.05. The second kappa shape index (κ2) is 5.99. The minimum absolute atomic E-state index is 0.178. The molecule has 112 valence electrons. The Morgan fingerprint density at radius 3 is 2.75 bits per heavy atom. The summed E-state index contributed by atoms with van der Waals surface area (Å²) < 4.78 is 26.5. The van der Waals surface area contributed by atoms with Crippen LogP contribution in [0.5, 0.6) is 0 Å². The highest BCUT2D eigenvalue weighted by Crippen LogP contribution is 2.40. The summed E-state index contributed by atoms with van der Waals surface area (Å²) >= 11 is 1.39. The molecule has 5 nitrogen and oxygen atoms in total. The van der Waals surface area contributed by atoms with Crippen molar-refractivity contribution >= 4 is 26.5 Å². The third kappa shape index (κ3) is 4.43. The molecule has 2 fully saturated rings. The number of sulfonamides is 1. The Kier molecular flexibility index (Phi) is 4.28. The molecule has 0 spiro atoms. The predicted molar refractivity (Wildman–Crippen MR) is 81.8 cm³/mol. The lowest BCUT2D eigenvalue weighted by Crippen LogP contribution is -2.20. The summed E-state index contributed by atoms with van der Waals surface area (Å²) in [6.45, 7) is 0.920. The van der Waals surface area contributed by atoms with Crippen LogP contribution in [0.2, 0.25) is 0 Å². The Bertz CT molecular complexity index is 548. The van der Waals surface area contributed by atoms with Crippen LogP contribution in [0, 0.1) is 0 Å². The fraction of sp³-hybridized carbons (Fsp3) is 0.769. The number of anilines is 1. The van der Waals surface area contributed by atoms with Crippen molar-refractivity contribution in [3.63, 3.8) is 0 Å². The number of nitrogens with one attached hydrogen (secondary N) is 2. The summed E-state index contributed by atoms with van der Waals surface area (Å²) in [6.07, 6.45) is 6.51. The third-order valence-electron chi connectivity index (χ3n) is 3.61. The van der Waals surface area contributed by atoms with Crippen molar-refractivity contribution in [3.8, 4) is 0 Å². The highest BCUT2D eigenvalue weighted by molar-refractivity contribution is 7.92. The molecule has 3 rings (SSSR count). The monoisotopic (exact) mass is 315 g/mol. The number of aromatic nitrogens is 1. The molecule has 2 aliphatic rings. The largest absolute Gasteiger partial charge is 0.314 e. The van der Waals surface area contributed by atoms with E-state index in [-0.39, 0.29) is 5.75 Å². The van der Waals surface area contributed by atoms with Crippen molar-refractivity contribution in [1.82, 2.24) is 10.3 Å². The molecular formula is C13H21N3O2S2. The average molecular weight is 315 g/mol. The number of hydrogen-bond acceptors (Lipinski definition) is 5. The Morgan fingerprint density at radius 2 is 2.05 bits per heavy atom. The van der Waals surface area contributed by atoms with Gasteiger partial charge in [0, 0.05) is 17.3 Å². The molecule has 7 heteroatoms. The van der Waals surface area contributed by atoms with E-state index in [4.69, 9.17) is 0 Å². The fourth-order valence-electron chi connectivity index (χ4n) is 2.09. The maximum absolute atomic E-state index is 11.9. The predicted octanol–water partition coefficient (Wildman–Crippen LogP) is 2.29. The van der Waals surface area contributed by atoms with E-state index in [0.717, 1.165) is 18.7 Å². The molecule has 0 saturated heterocycles. The van der Waals surface area contributed by atoms with E-state index >= 15 is 0 Å². The molecule has 2 aliphatic carbocycles. The van der Waals surface area contributed by atoms with Crippen LogP contribution in [0.25, 0.3) is 0 Å². The van der Waals surface area contributed by atoms with Crippen molar-refractivity contribution in [1.29, 1.82) is 0 Å². The Balaban J connectivity index is 1.39. The zero-order valence-corrected chi connectivity index (χ0v) is 13.1. The van der Waals surface area contributed by atoms with Gasteiger partial charge >= 0.3 is 0 Å². The first kappa shape index (κ1) is 14.3. The summed E-state index contributed by atoms with van der Waals surface area (Å²) in [4.78, 5) is 4.35. The first-order valence-corrected chi connectivity index (χ1v) is 9.85. The normalized spacial score (nSPS) is 19.2. The van der Waals surface area contributed by atoms with Gasteiger partial charge in [0.25, 0.3) is 0 Å². The van der Waals surface area contributed by atoms with Crippen molar-refractivity contribution in [2.24, 2.45) is 0 Å². The Hall–Kier alpha value is -0.660. The molecule has 0 aromatic carbocycles. The van der Waals surface area contributed by atoms with E-state index in [1.54, 1.807) is 0 Å². The van der Waals surface area contributed by atoms with E-state index in [0.29, 0.717) is 23.5 Å². The van der Waals surface area contributed by atoms with E-state index in [1.165, 1.54) is 37.0 Å². The van der Waals surface area contributed by atoms with Gasteiger partial charge in [-0.25, -0.2) is 13.4 Å². The molecule has 0 aliphatic heterocycles. The highest BCUT2D eigenvalue weighted by atomic mass is 32.2. The summed E-state index contributed by atoms with van der Waals surface area (Å²) in [5.74, 6) is 0.746. The molecular weight excluding hydrogens is 294 g/mol. The summed E-state index contributed by atoms with van der Waals surface area (Å²) in [5.41, 5.74) is 1.04. The van der Waals surface area contributed by atoms with Crippen LogP contribution < -0.4 is 10.0 Å². The molecule has 0 unspecified atom stereocenters. The molecule has 0 atom stereocenters. The number of thiazole rings is 1. The summed E-state index contributed by atoms with van der Waals surface area (Å²) in [5, 5.41) is 5.87. The minimum Gasteiger partial charge on any atom is -0.314 e. The van der Waals surface area contributed by atoms with Crippen molar-refractivity contribution in [2.75, 3.05) is 17.0 Å². The van der Waals surface area contributed by atoms with Crippen LogP contribution in [0.15, 0.2) is 5.38 Å². The third-order valence-corrected chi connectivity index (χ3v) is 5.85. The van der Waals surface area contributed by atoms with Gasteiger partial charge in [0.15, 0.2) is 5.13 Å². The Labute approximate surface area is 124 Å². The first-order valence-electron chi connectivity index (χ1n) is 7.32. The van der Waals surface area contributed by atoms with Gasteiger partial charge in [0.2, 0.25) is 10.0 Å². The van der Waals surface area contributed by atoms with Gasteiger partial charge in [-0.3, -0.25) is 4.72 Å². The smallest absolute Gasteiger partial charge is 0.234 e. The molecule has 20 heavy (non-hydrogen) atoms. The molecule has 0 amide bonds. The lowest BCUT2D eigenvalue weighted by atomic mass is 10.3. The fourth-order valence-corrected chi connectivity index (χ4v) is 4.30. The molecule has 2 saturated carbocycles. The quantitative estimate of drug-likeness (QED) is 0.686. The summed E-state index contributed by atoms with van der Waals surface area (Å²) in [7, 11) is -3.24. The molecule has 2 N–H and O–H groups in total. The molecule has 0 radical (unpaired) electrons. The Morgan fingerprint density at radius 1 is 1.25 bits per heavy atom. The maximum atomic E-state index is 11.9. The van der Waals surface area contributed by atoms with E-state index in [1.807, 2.05) is 5.38 Å². The zero-order chi connectivity index (χ0) is 14.0. The molecule has 1 aromatic heterocycles. The molecule has 0 bridgehead atoms. The maximum Gasteiger partial charge on any atom is 0.234 e. The lowest BCUT2D eigenvalue weighted by molar-refractivity contribution is 0.591. The number of rotatable bonds is 9. The number of hydrogen-bond donors (Lipinski definition) is 2. The van der Waals surface area contributed by atoms with Gasteiger partial charge in [-0.05, 0) is 45.1 Å². The van der Waals surface area contributed by atoms with E-state index in [2.05, 4.69) is 15.0 Å². The molecule has 1 heterocycles. The number of nitrogens with zero attached hydrogens (tertiary/aromatic N) is 1. The SMILES string of the molecule is O=S(=O)(CCCCNC1CC1)Nc1nc(C2CC2)cs1. The van der Waals surface area contributed by atoms with Crippen LogP contribution >= 0.6 is 11.3 Å².